The van der Waals surface area contributed by atoms with Crippen molar-refractivity contribution in [3.8, 4) is 0 Å². The number of carbonyl (C=O) groups excluding carboxylic acids is 3. The summed E-state index contributed by atoms with van der Waals surface area (Å²) >= 11 is 5.63. The molecule has 0 saturated carbocycles. The molecule has 142 valence electrons. The summed E-state index contributed by atoms with van der Waals surface area (Å²) in [6.07, 6.45) is 3.02. The number of carbonyl (C=O) groups is 3. The van der Waals surface area contributed by atoms with Gasteiger partial charge >= 0.3 is 0 Å². The van der Waals surface area contributed by atoms with Gasteiger partial charge in [-0.1, -0.05) is 0 Å². The Morgan fingerprint density at radius 2 is 1.88 bits per heavy atom. The van der Waals surface area contributed by atoms with Crippen LogP contribution in [0.3, 0.4) is 0 Å². The average Bonchev–Trinajstić information content (AvgIpc) is 2.95. The number of nitrogens with zero attached hydrogens (tertiary/aromatic N) is 2. The molecular formula is C18H30ClN3O3. The predicted octanol–water partition coefficient (Wildman–Crippen LogP) is 1.76. The maximum Gasteiger partial charge on any atom is 0.225 e. The highest BCUT2D eigenvalue weighted by Gasteiger charge is 2.40. The summed E-state index contributed by atoms with van der Waals surface area (Å²) in [5.41, 5.74) is -0.249. The molecule has 25 heavy (non-hydrogen) atoms. The normalized spacial score (nSPS) is 22.4. The third-order valence-corrected chi connectivity index (χ3v) is 5.29. The van der Waals surface area contributed by atoms with Gasteiger partial charge in [-0.2, -0.15) is 0 Å². The Balaban J connectivity index is 1.78. The highest BCUT2D eigenvalue weighted by molar-refractivity contribution is 6.17. The summed E-state index contributed by atoms with van der Waals surface area (Å²) in [6, 6.07) is 0.0864. The number of hydrogen-bond acceptors (Lipinski definition) is 3. The van der Waals surface area contributed by atoms with Gasteiger partial charge in [0.05, 0.1) is 5.92 Å². The predicted molar refractivity (Wildman–Crippen MR) is 97.3 cm³/mol. The number of alkyl halides is 1. The van der Waals surface area contributed by atoms with Crippen molar-refractivity contribution in [2.24, 2.45) is 5.92 Å². The van der Waals surface area contributed by atoms with Crippen LogP contribution in [0.15, 0.2) is 0 Å². The molecule has 2 aliphatic rings. The van der Waals surface area contributed by atoms with Gasteiger partial charge in [0, 0.05) is 49.9 Å². The van der Waals surface area contributed by atoms with Crippen LogP contribution >= 0.6 is 11.6 Å². The second-order valence-electron chi connectivity index (χ2n) is 8.03. The molecule has 0 bridgehead atoms. The molecule has 6 nitrogen and oxygen atoms in total. The molecule has 0 radical (unpaired) electrons. The fourth-order valence-electron chi connectivity index (χ4n) is 3.50. The summed E-state index contributed by atoms with van der Waals surface area (Å²) in [7, 11) is 0. The lowest BCUT2D eigenvalue weighted by atomic mass is 10.0. The summed E-state index contributed by atoms with van der Waals surface area (Å²) < 4.78 is 0. The molecule has 3 amide bonds. The third kappa shape index (κ3) is 5.33. The summed E-state index contributed by atoms with van der Waals surface area (Å²) in [6.45, 7) is 7.80. The van der Waals surface area contributed by atoms with Gasteiger partial charge in [0.1, 0.15) is 0 Å². The Kier molecular flexibility index (Phi) is 6.72. The van der Waals surface area contributed by atoms with Crippen LogP contribution in [0.25, 0.3) is 0 Å². The van der Waals surface area contributed by atoms with Crippen LogP contribution in [-0.4, -0.2) is 64.6 Å². The molecule has 2 rings (SSSR count). The molecule has 0 aromatic carbocycles. The Morgan fingerprint density at radius 3 is 2.40 bits per heavy atom. The molecule has 2 saturated heterocycles. The lowest BCUT2D eigenvalue weighted by molar-refractivity contribution is -0.133. The molecule has 2 aliphatic heterocycles. The second kappa shape index (κ2) is 8.39. The second-order valence-corrected chi connectivity index (χ2v) is 8.41. The van der Waals surface area contributed by atoms with Crippen molar-refractivity contribution in [3.05, 3.63) is 0 Å². The highest BCUT2D eigenvalue weighted by Crippen LogP contribution is 2.26. The summed E-state index contributed by atoms with van der Waals surface area (Å²) in [5.74, 6) is 0.395. The van der Waals surface area contributed by atoms with Crippen molar-refractivity contribution < 1.29 is 14.4 Å². The lowest BCUT2D eigenvalue weighted by Gasteiger charge is -2.33. The van der Waals surface area contributed by atoms with Crippen molar-refractivity contribution in [1.82, 2.24) is 15.1 Å². The molecule has 1 N–H and O–H groups in total. The first-order valence-corrected chi connectivity index (χ1v) is 9.70. The largest absolute Gasteiger partial charge is 0.353 e. The van der Waals surface area contributed by atoms with Crippen LogP contribution in [0.4, 0.5) is 0 Å². The van der Waals surface area contributed by atoms with E-state index in [9.17, 15) is 14.4 Å². The van der Waals surface area contributed by atoms with E-state index < -0.39 is 0 Å². The zero-order valence-corrected chi connectivity index (χ0v) is 16.3. The minimum atomic E-state index is -0.268. The van der Waals surface area contributed by atoms with Crippen LogP contribution in [-0.2, 0) is 14.4 Å². The smallest absolute Gasteiger partial charge is 0.225 e. The van der Waals surface area contributed by atoms with E-state index in [1.54, 1.807) is 4.90 Å². The standard InChI is InChI=1S/C18H30ClN3O3/c1-18(2,3)22-12-13(11-16(22)24)17(25)20-14-6-9-21(10-7-14)15(23)5-4-8-19/h13-14H,4-12H2,1-3H3,(H,20,25). The molecule has 7 heteroatoms. The van der Waals surface area contributed by atoms with E-state index in [4.69, 9.17) is 11.6 Å². The van der Waals surface area contributed by atoms with E-state index in [1.165, 1.54) is 0 Å². The first kappa shape index (κ1) is 20.0. The fraction of sp³-hybridized carbons (Fsp3) is 0.833. The van der Waals surface area contributed by atoms with Gasteiger partial charge in [0.2, 0.25) is 17.7 Å². The quantitative estimate of drug-likeness (QED) is 0.748. The Hall–Kier alpha value is -1.30. The van der Waals surface area contributed by atoms with E-state index in [-0.39, 0.29) is 35.2 Å². The van der Waals surface area contributed by atoms with Crippen LogP contribution in [0.2, 0.25) is 0 Å². The van der Waals surface area contributed by atoms with E-state index in [2.05, 4.69) is 5.32 Å². The van der Waals surface area contributed by atoms with Crippen molar-refractivity contribution in [1.29, 1.82) is 0 Å². The minimum absolute atomic E-state index is 0.0352. The Bertz CT molecular complexity index is 510. The number of amides is 3. The molecule has 1 atom stereocenters. The number of likely N-dealkylation sites (tertiary alicyclic amines) is 2. The first-order valence-electron chi connectivity index (χ1n) is 9.17. The maximum atomic E-state index is 12.5. The number of hydrogen-bond donors (Lipinski definition) is 1. The van der Waals surface area contributed by atoms with Gasteiger partial charge in [-0.3, -0.25) is 14.4 Å². The average molecular weight is 372 g/mol. The van der Waals surface area contributed by atoms with E-state index >= 15 is 0 Å². The van der Waals surface area contributed by atoms with Gasteiger partial charge in [-0.25, -0.2) is 0 Å². The minimum Gasteiger partial charge on any atom is -0.353 e. The fourth-order valence-corrected chi connectivity index (χ4v) is 3.63. The van der Waals surface area contributed by atoms with Crippen LogP contribution in [0.5, 0.6) is 0 Å². The maximum absolute atomic E-state index is 12.5. The zero-order chi connectivity index (χ0) is 18.6. The van der Waals surface area contributed by atoms with Gasteiger partial charge in [-0.15, -0.1) is 11.6 Å². The lowest BCUT2D eigenvalue weighted by Crippen LogP contribution is -2.48. The molecular weight excluding hydrogens is 342 g/mol. The van der Waals surface area contributed by atoms with Crippen molar-refractivity contribution in [2.45, 2.75) is 64.5 Å². The molecule has 0 aliphatic carbocycles. The number of halogens is 1. The van der Waals surface area contributed by atoms with Crippen LogP contribution < -0.4 is 5.32 Å². The Labute approximate surface area is 155 Å². The molecule has 0 aromatic rings. The highest BCUT2D eigenvalue weighted by atomic mass is 35.5. The van der Waals surface area contributed by atoms with E-state index in [0.29, 0.717) is 44.8 Å². The number of piperidine rings is 1. The molecule has 0 spiro atoms. The number of rotatable bonds is 5. The third-order valence-electron chi connectivity index (χ3n) is 5.02. The van der Waals surface area contributed by atoms with Gasteiger partial charge in [0.25, 0.3) is 0 Å². The first-order chi connectivity index (χ1) is 11.7. The van der Waals surface area contributed by atoms with Crippen molar-refractivity contribution in [3.63, 3.8) is 0 Å². The van der Waals surface area contributed by atoms with E-state index in [0.717, 1.165) is 12.8 Å². The topological polar surface area (TPSA) is 69.7 Å². The zero-order valence-electron chi connectivity index (χ0n) is 15.5. The van der Waals surface area contributed by atoms with Crippen LogP contribution in [0.1, 0.15) is 52.9 Å². The molecule has 0 aromatic heterocycles. The van der Waals surface area contributed by atoms with Gasteiger partial charge in [-0.05, 0) is 40.0 Å². The van der Waals surface area contributed by atoms with Gasteiger partial charge in [0.15, 0.2) is 0 Å². The monoisotopic (exact) mass is 371 g/mol. The van der Waals surface area contributed by atoms with Crippen molar-refractivity contribution in [2.75, 3.05) is 25.5 Å². The summed E-state index contributed by atoms with van der Waals surface area (Å²) in [5, 5.41) is 3.08. The number of nitrogens with one attached hydrogen (secondary N) is 1. The summed E-state index contributed by atoms with van der Waals surface area (Å²) in [4.78, 5) is 40.3. The van der Waals surface area contributed by atoms with E-state index in [1.807, 2.05) is 25.7 Å². The molecule has 2 heterocycles. The van der Waals surface area contributed by atoms with Crippen molar-refractivity contribution >= 4 is 29.3 Å². The SMILES string of the molecule is CC(C)(C)N1CC(C(=O)NC2CCN(C(=O)CCCCl)CC2)CC1=O. The molecule has 1 unspecified atom stereocenters. The molecule has 2 fully saturated rings. The Morgan fingerprint density at radius 1 is 1.24 bits per heavy atom. The van der Waals surface area contributed by atoms with Gasteiger partial charge < -0.3 is 15.1 Å². The van der Waals surface area contributed by atoms with Crippen LogP contribution in [0, 0.1) is 5.92 Å².